The van der Waals surface area contributed by atoms with Crippen molar-refractivity contribution in [2.24, 2.45) is 0 Å². The number of rotatable bonds is 7. The normalized spacial score (nSPS) is 11.5. The SMILES string of the molecule is N#C/C(=C\c1cc(Br)c(OCc2ccc(C(=O)O)cc2)c(Br)c1)C(=O)Nc1cccc(C(F)(F)F)c1. The fraction of sp³-hybridized carbons (Fsp3) is 0.0800. The minimum atomic E-state index is -4.57. The first-order chi connectivity index (χ1) is 17.0. The smallest absolute Gasteiger partial charge is 0.416 e. The first-order valence-corrected chi connectivity index (χ1v) is 11.6. The molecule has 0 spiro atoms. The summed E-state index contributed by atoms with van der Waals surface area (Å²) in [7, 11) is 0. The van der Waals surface area contributed by atoms with Crippen molar-refractivity contribution in [2.75, 3.05) is 5.32 Å². The average Bonchev–Trinajstić information content (AvgIpc) is 2.82. The second kappa shape index (κ2) is 11.4. The van der Waals surface area contributed by atoms with Crippen LogP contribution in [-0.2, 0) is 17.6 Å². The molecule has 0 aliphatic rings. The fourth-order valence-corrected chi connectivity index (χ4v) is 4.44. The lowest BCUT2D eigenvalue weighted by Crippen LogP contribution is -2.14. The molecular formula is C25H15Br2F3N2O4. The standard InChI is InChI=1S/C25H15Br2F3N2O4/c26-20-9-15(10-21(27)22(20)36-13-14-4-6-16(7-5-14)24(34)35)8-17(12-31)23(33)32-19-3-1-2-18(11-19)25(28,29)30/h1-11H,13H2,(H,32,33)(H,34,35)/b17-8+. The fourth-order valence-electron chi connectivity index (χ4n) is 2.99. The summed E-state index contributed by atoms with van der Waals surface area (Å²) in [5.74, 6) is -1.47. The molecule has 0 radical (unpaired) electrons. The summed E-state index contributed by atoms with van der Waals surface area (Å²) >= 11 is 6.76. The molecule has 0 saturated carbocycles. The number of ether oxygens (including phenoxy) is 1. The van der Waals surface area contributed by atoms with Gasteiger partial charge in [-0.05, 0) is 91.5 Å². The Balaban J connectivity index is 1.75. The van der Waals surface area contributed by atoms with Gasteiger partial charge < -0.3 is 15.2 Å². The minimum absolute atomic E-state index is 0.0986. The molecule has 0 aliphatic heterocycles. The van der Waals surface area contributed by atoms with E-state index < -0.39 is 23.6 Å². The van der Waals surface area contributed by atoms with Crippen LogP contribution in [0.15, 0.2) is 75.2 Å². The number of halogens is 5. The lowest BCUT2D eigenvalue weighted by Gasteiger charge is -2.12. The summed E-state index contributed by atoms with van der Waals surface area (Å²) in [4.78, 5) is 23.5. The number of nitrogens with zero attached hydrogens (tertiary/aromatic N) is 1. The highest BCUT2D eigenvalue weighted by Crippen LogP contribution is 2.36. The molecule has 0 aliphatic carbocycles. The van der Waals surface area contributed by atoms with Crippen molar-refractivity contribution in [2.45, 2.75) is 12.8 Å². The Morgan fingerprint density at radius 3 is 2.25 bits per heavy atom. The van der Waals surface area contributed by atoms with Gasteiger partial charge in [-0.2, -0.15) is 18.4 Å². The maximum atomic E-state index is 12.9. The molecule has 11 heteroatoms. The zero-order valence-corrected chi connectivity index (χ0v) is 21.2. The van der Waals surface area contributed by atoms with E-state index in [1.54, 1.807) is 30.3 Å². The van der Waals surface area contributed by atoms with Crippen molar-refractivity contribution < 1.29 is 32.6 Å². The molecule has 3 rings (SSSR count). The van der Waals surface area contributed by atoms with Gasteiger partial charge in [-0.25, -0.2) is 4.79 Å². The van der Waals surface area contributed by atoms with Gasteiger partial charge in [0, 0.05) is 5.69 Å². The lowest BCUT2D eigenvalue weighted by molar-refractivity contribution is -0.137. The van der Waals surface area contributed by atoms with Crippen LogP contribution in [0.1, 0.15) is 27.0 Å². The Hall–Kier alpha value is -3.62. The van der Waals surface area contributed by atoms with Gasteiger partial charge in [-0.1, -0.05) is 18.2 Å². The molecule has 0 unspecified atom stereocenters. The summed E-state index contributed by atoms with van der Waals surface area (Å²) in [6.07, 6.45) is -3.29. The molecule has 0 atom stereocenters. The van der Waals surface area contributed by atoms with Gasteiger partial charge in [0.2, 0.25) is 0 Å². The molecule has 0 bridgehead atoms. The number of anilines is 1. The predicted molar refractivity (Wildman–Crippen MR) is 133 cm³/mol. The van der Waals surface area contributed by atoms with Crippen LogP contribution in [0.25, 0.3) is 6.08 Å². The van der Waals surface area contributed by atoms with Crippen LogP contribution in [0, 0.1) is 11.3 Å². The Morgan fingerprint density at radius 2 is 1.69 bits per heavy atom. The topological polar surface area (TPSA) is 99.4 Å². The van der Waals surface area contributed by atoms with Crippen LogP contribution in [-0.4, -0.2) is 17.0 Å². The summed E-state index contributed by atoms with van der Waals surface area (Å²) in [5, 5.41) is 20.7. The van der Waals surface area contributed by atoms with Crippen molar-refractivity contribution in [1.29, 1.82) is 5.26 Å². The van der Waals surface area contributed by atoms with Crippen LogP contribution in [0.4, 0.5) is 18.9 Å². The Bertz CT molecular complexity index is 1360. The lowest BCUT2D eigenvalue weighted by atomic mass is 10.1. The number of alkyl halides is 3. The number of carbonyl (C=O) groups excluding carboxylic acids is 1. The molecule has 36 heavy (non-hydrogen) atoms. The van der Waals surface area contributed by atoms with Crippen molar-refractivity contribution in [3.8, 4) is 11.8 Å². The zero-order valence-electron chi connectivity index (χ0n) is 18.1. The molecule has 0 saturated heterocycles. The third-order valence-corrected chi connectivity index (χ3v) is 5.91. The van der Waals surface area contributed by atoms with Gasteiger partial charge in [0.15, 0.2) is 0 Å². The molecule has 184 valence electrons. The van der Waals surface area contributed by atoms with E-state index in [-0.39, 0.29) is 23.4 Å². The summed E-state index contributed by atoms with van der Waals surface area (Å²) in [6, 6.07) is 15.2. The number of carboxylic acid groups (broad SMARTS) is 1. The van der Waals surface area contributed by atoms with E-state index in [1.165, 1.54) is 24.3 Å². The van der Waals surface area contributed by atoms with E-state index in [4.69, 9.17) is 9.84 Å². The Morgan fingerprint density at radius 1 is 1.06 bits per heavy atom. The highest BCUT2D eigenvalue weighted by molar-refractivity contribution is 9.11. The quantitative estimate of drug-likeness (QED) is 0.217. The number of amides is 1. The van der Waals surface area contributed by atoms with E-state index in [2.05, 4.69) is 37.2 Å². The third kappa shape index (κ3) is 6.96. The van der Waals surface area contributed by atoms with Crippen molar-refractivity contribution >= 4 is 55.5 Å². The molecule has 0 aromatic heterocycles. The van der Waals surface area contributed by atoms with Crippen LogP contribution in [0.5, 0.6) is 5.75 Å². The molecule has 1 amide bonds. The first-order valence-electron chi connectivity index (χ1n) is 10.0. The third-order valence-electron chi connectivity index (χ3n) is 4.73. The van der Waals surface area contributed by atoms with Gasteiger partial charge >= 0.3 is 12.1 Å². The van der Waals surface area contributed by atoms with Crippen molar-refractivity contribution in [1.82, 2.24) is 0 Å². The van der Waals surface area contributed by atoms with Crippen molar-refractivity contribution in [3.05, 3.63) is 97.4 Å². The number of hydrogen-bond donors (Lipinski definition) is 2. The van der Waals surface area contributed by atoms with Gasteiger partial charge in [0.1, 0.15) is 24.0 Å². The minimum Gasteiger partial charge on any atom is -0.487 e. The van der Waals surface area contributed by atoms with Gasteiger partial charge in [-0.3, -0.25) is 4.79 Å². The number of carbonyl (C=O) groups is 2. The van der Waals surface area contributed by atoms with Crippen LogP contribution in [0.2, 0.25) is 0 Å². The van der Waals surface area contributed by atoms with E-state index in [0.717, 1.165) is 23.8 Å². The van der Waals surface area contributed by atoms with Crippen LogP contribution < -0.4 is 10.1 Å². The van der Waals surface area contributed by atoms with Gasteiger partial charge in [0.05, 0.1) is 20.1 Å². The van der Waals surface area contributed by atoms with Gasteiger partial charge in [-0.15, -0.1) is 0 Å². The molecule has 6 nitrogen and oxygen atoms in total. The summed E-state index contributed by atoms with van der Waals surface area (Å²) in [5.41, 5.74) is -0.00737. The molecule has 2 N–H and O–H groups in total. The van der Waals surface area contributed by atoms with E-state index >= 15 is 0 Å². The Kier molecular flexibility index (Phi) is 8.55. The molecule has 3 aromatic carbocycles. The number of benzene rings is 3. The summed E-state index contributed by atoms with van der Waals surface area (Å²) in [6.45, 7) is 0.148. The van der Waals surface area contributed by atoms with E-state index in [1.807, 2.05) is 0 Å². The number of nitriles is 1. The molecular weight excluding hydrogens is 609 g/mol. The number of hydrogen-bond acceptors (Lipinski definition) is 4. The van der Waals surface area contributed by atoms with E-state index in [9.17, 15) is 28.0 Å². The largest absolute Gasteiger partial charge is 0.487 e. The second-order valence-corrected chi connectivity index (χ2v) is 9.02. The monoisotopic (exact) mass is 622 g/mol. The van der Waals surface area contributed by atoms with Crippen LogP contribution in [0.3, 0.4) is 0 Å². The zero-order chi connectivity index (χ0) is 26.5. The molecule has 3 aromatic rings. The second-order valence-electron chi connectivity index (χ2n) is 7.31. The van der Waals surface area contributed by atoms with Crippen LogP contribution >= 0.6 is 31.9 Å². The number of aromatic carboxylic acids is 1. The van der Waals surface area contributed by atoms with E-state index in [0.29, 0.717) is 20.3 Å². The number of nitrogens with one attached hydrogen (secondary N) is 1. The predicted octanol–water partition coefficient (Wildman–Crippen LogP) is 7.05. The highest BCUT2D eigenvalue weighted by Gasteiger charge is 2.30. The maximum absolute atomic E-state index is 12.9. The average molecular weight is 624 g/mol. The molecule has 0 heterocycles. The Labute approximate surface area is 220 Å². The summed E-state index contributed by atoms with van der Waals surface area (Å²) < 4.78 is 45.5. The molecule has 0 fully saturated rings. The van der Waals surface area contributed by atoms with Crippen molar-refractivity contribution in [3.63, 3.8) is 0 Å². The van der Waals surface area contributed by atoms with Gasteiger partial charge in [0.25, 0.3) is 5.91 Å². The maximum Gasteiger partial charge on any atom is 0.416 e. The number of carboxylic acids is 1. The first kappa shape index (κ1) is 27.0. The highest BCUT2D eigenvalue weighted by atomic mass is 79.9.